The number of furan rings is 1. The molecule has 0 N–H and O–H groups in total. The molecule has 3 heterocycles. The lowest BCUT2D eigenvalue weighted by molar-refractivity contribution is 0.673. The van der Waals surface area contributed by atoms with Crippen molar-refractivity contribution in [2.24, 2.45) is 0 Å². The molecule has 0 radical (unpaired) electrons. The van der Waals surface area contributed by atoms with Crippen molar-refractivity contribution in [2.75, 3.05) is 0 Å². The molecule has 114 valence electrons. The van der Waals surface area contributed by atoms with Crippen LogP contribution in [-0.2, 0) is 0 Å². The van der Waals surface area contributed by atoms with E-state index in [1.165, 1.54) is 0 Å². The molecule has 0 atom stereocenters. The molecule has 3 aromatic heterocycles. The monoisotopic (exact) mass is 310 g/mol. The Kier molecular flexibility index (Phi) is 2.68. The van der Waals surface area contributed by atoms with Crippen molar-refractivity contribution in [1.29, 1.82) is 0 Å². The summed E-state index contributed by atoms with van der Waals surface area (Å²) in [6, 6.07) is 19.6. The van der Waals surface area contributed by atoms with Crippen LogP contribution in [0.25, 0.3) is 43.9 Å². The molecular weight excluding hydrogens is 296 g/mol. The molecule has 0 aliphatic carbocycles. The van der Waals surface area contributed by atoms with Crippen LogP contribution in [0.5, 0.6) is 0 Å². The molecule has 5 aromatic rings. The minimum atomic E-state index is 0.814. The average molecular weight is 310 g/mol. The summed E-state index contributed by atoms with van der Waals surface area (Å²) in [4.78, 5) is 4.61. The van der Waals surface area contributed by atoms with Crippen molar-refractivity contribution in [3.8, 4) is 12.0 Å². The summed E-state index contributed by atoms with van der Waals surface area (Å²) in [5.74, 6) is 3.16. The maximum atomic E-state index is 6.19. The van der Waals surface area contributed by atoms with Crippen LogP contribution in [0.4, 0.5) is 0 Å². The molecule has 24 heavy (non-hydrogen) atoms. The molecule has 2 aromatic carbocycles. The van der Waals surface area contributed by atoms with Gasteiger partial charge in [-0.2, -0.15) is 0 Å². The SMILES string of the molecule is CCC#Cn1c2cccnc2c2c3oc4ccccc4c3ccc21. The first kappa shape index (κ1) is 13.2. The van der Waals surface area contributed by atoms with Crippen molar-refractivity contribution in [3.63, 3.8) is 0 Å². The Morgan fingerprint density at radius 2 is 1.92 bits per heavy atom. The lowest BCUT2D eigenvalue weighted by atomic mass is 10.1. The zero-order valence-electron chi connectivity index (χ0n) is 13.2. The van der Waals surface area contributed by atoms with Crippen LogP contribution in [0, 0.1) is 12.0 Å². The third-order valence-corrected chi connectivity index (χ3v) is 4.40. The van der Waals surface area contributed by atoms with Crippen molar-refractivity contribution in [1.82, 2.24) is 9.55 Å². The minimum absolute atomic E-state index is 0.814. The smallest absolute Gasteiger partial charge is 0.147 e. The second-order valence-electron chi connectivity index (χ2n) is 5.78. The van der Waals surface area contributed by atoms with Crippen LogP contribution in [0.15, 0.2) is 59.1 Å². The molecule has 5 rings (SSSR count). The zero-order valence-corrected chi connectivity index (χ0v) is 13.2. The van der Waals surface area contributed by atoms with Crippen LogP contribution in [0.1, 0.15) is 13.3 Å². The molecule has 3 heteroatoms. The Hall–Kier alpha value is -3.25. The topological polar surface area (TPSA) is 31.0 Å². The van der Waals surface area contributed by atoms with Gasteiger partial charge in [0.05, 0.1) is 16.4 Å². The van der Waals surface area contributed by atoms with E-state index in [0.717, 1.165) is 50.3 Å². The normalized spacial score (nSPS) is 11.4. The van der Waals surface area contributed by atoms with Gasteiger partial charge in [-0.05, 0) is 30.3 Å². The number of para-hydroxylation sites is 1. The van der Waals surface area contributed by atoms with E-state index in [1.807, 2.05) is 35.0 Å². The van der Waals surface area contributed by atoms with Gasteiger partial charge in [-0.1, -0.05) is 31.0 Å². The fraction of sp³-hybridized carbons (Fsp3) is 0.0952. The summed E-state index contributed by atoms with van der Waals surface area (Å²) < 4.78 is 8.21. The highest BCUT2D eigenvalue weighted by Gasteiger charge is 2.17. The van der Waals surface area contributed by atoms with Gasteiger partial charge in [0, 0.05) is 29.4 Å². The predicted molar refractivity (Wildman–Crippen MR) is 98.0 cm³/mol. The molecule has 3 nitrogen and oxygen atoms in total. The minimum Gasteiger partial charge on any atom is -0.455 e. The van der Waals surface area contributed by atoms with E-state index < -0.39 is 0 Å². The number of benzene rings is 2. The highest BCUT2D eigenvalue weighted by molar-refractivity contribution is 6.22. The maximum Gasteiger partial charge on any atom is 0.147 e. The number of aromatic nitrogens is 2. The molecule has 0 saturated heterocycles. The first-order valence-corrected chi connectivity index (χ1v) is 8.06. The van der Waals surface area contributed by atoms with Crippen LogP contribution in [0.2, 0.25) is 0 Å². The number of rotatable bonds is 0. The Bertz CT molecular complexity index is 1300. The molecule has 0 fully saturated rings. The largest absolute Gasteiger partial charge is 0.455 e. The molecular formula is C21H14N2O. The lowest BCUT2D eigenvalue weighted by Gasteiger charge is -1.96. The second-order valence-corrected chi connectivity index (χ2v) is 5.78. The van der Waals surface area contributed by atoms with E-state index in [-0.39, 0.29) is 0 Å². The quantitative estimate of drug-likeness (QED) is 0.363. The average Bonchev–Trinajstić information content (AvgIpc) is 3.15. The molecule has 0 aliphatic heterocycles. The van der Waals surface area contributed by atoms with Gasteiger partial charge in [0.15, 0.2) is 0 Å². The summed E-state index contributed by atoms with van der Waals surface area (Å²) in [6.45, 7) is 2.05. The Morgan fingerprint density at radius 3 is 2.83 bits per heavy atom. The molecule has 0 spiro atoms. The molecule has 0 unspecified atom stereocenters. The van der Waals surface area contributed by atoms with E-state index >= 15 is 0 Å². The summed E-state index contributed by atoms with van der Waals surface area (Å²) >= 11 is 0. The highest BCUT2D eigenvalue weighted by Crippen LogP contribution is 2.37. The lowest BCUT2D eigenvalue weighted by Crippen LogP contribution is -1.87. The molecule has 0 aliphatic rings. The summed E-state index contributed by atoms with van der Waals surface area (Å²) in [5.41, 5.74) is 4.77. The standard InChI is InChI=1S/C21H14N2O/c1-2-3-13-23-16-11-10-15-14-7-4-5-9-18(14)24-21(15)19(16)20-17(23)8-6-12-22-20/h4-12H,2H2,1H3. The van der Waals surface area contributed by atoms with Gasteiger partial charge in [0.2, 0.25) is 0 Å². The van der Waals surface area contributed by atoms with E-state index in [9.17, 15) is 0 Å². The number of nitrogens with zero attached hydrogens (tertiary/aromatic N) is 2. The van der Waals surface area contributed by atoms with Gasteiger partial charge in [-0.3, -0.25) is 9.55 Å². The predicted octanol–water partition coefficient (Wildman–Crippen LogP) is 5.31. The summed E-state index contributed by atoms with van der Waals surface area (Å²) in [5, 5.41) is 3.28. The van der Waals surface area contributed by atoms with Gasteiger partial charge in [-0.15, -0.1) is 0 Å². The van der Waals surface area contributed by atoms with E-state index in [1.54, 1.807) is 0 Å². The Labute approximate surface area is 138 Å². The van der Waals surface area contributed by atoms with Crippen molar-refractivity contribution in [3.05, 3.63) is 54.7 Å². The first-order valence-electron chi connectivity index (χ1n) is 8.06. The summed E-state index contributed by atoms with van der Waals surface area (Å²) in [6.07, 6.45) is 2.63. The van der Waals surface area contributed by atoms with Gasteiger partial charge >= 0.3 is 0 Å². The maximum absolute atomic E-state index is 6.19. The van der Waals surface area contributed by atoms with E-state index in [4.69, 9.17) is 4.42 Å². The summed E-state index contributed by atoms with van der Waals surface area (Å²) in [7, 11) is 0. The molecule has 0 bridgehead atoms. The van der Waals surface area contributed by atoms with Crippen molar-refractivity contribution in [2.45, 2.75) is 13.3 Å². The zero-order chi connectivity index (χ0) is 16.1. The van der Waals surface area contributed by atoms with Gasteiger partial charge in [-0.25, -0.2) is 0 Å². The van der Waals surface area contributed by atoms with Crippen LogP contribution >= 0.6 is 0 Å². The number of hydrogen-bond donors (Lipinski definition) is 0. The second kappa shape index (κ2) is 4.87. The fourth-order valence-corrected chi connectivity index (χ4v) is 3.37. The van der Waals surface area contributed by atoms with Crippen LogP contribution in [-0.4, -0.2) is 9.55 Å². The van der Waals surface area contributed by atoms with Crippen LogP contribution < -0.4 is 0 Å². The van der Waals surface area contributed by atoms with Crippen molar-refractivity contribution < 1.29 is 4.42 Å². The van der Waals surface area contributed by atoms with Crippen LogP contribution in [0.3, 0.4) is 0 Å². The highest BCUT2D eigenvalue weighted by atomic mass is 16.3. The van der Waals surface area contributed by atoms with E-state index in [0.29, 0.717) is 0 Å². The molecule has 0 amide bonds. The first-order chi connectivity index (χ1) is 11.9. The third kappa shape index (κ3) is 1.65. The van der Waals surface area contributed by atoms with Crippen molar-refractivity contribution >= 4 is 43.9 Å². The Balaban J connectivity index is 2.06. The number of hydrogen-bond acceptors (Lipinski definition) is 2. The number of pyridine rings is 1. The molecule has 0 saturated carbocycles. The van der Waals surface area contributed by atoms with Gasteiger partial charge in [0.1, 0.15) is 16.7 Å². The van der Waals surface area contributed by atoms with E-state index in [2.05, 4.69) is 48.1 Å². The van der Waals surface area contributed by atoms with Gasteiger partial charge < -0.3 is 4.42 Å². The third-order valence-electron chi connectivity index (χ3n) is 4.40. The van der Waals surface area contributed by atoms with Gasteiger partial charge in [0.25, 0.3) is 0 Å². The fourth-order valence-electron chi connectivity index (χ4n) is 3.37. The number of fused-ring (bicyclic) bond motifs is 7. The Morgan fingerprint density at radius 1 is 1.00 bits per heavy atom.